The normalized spacial score (nSPS) is 14.1. The molecule has 3 heterocycles. The summed E-state index contributed by atoms with van der Waals surface area (Å²) >= 11 is 0. The van der Waals surface area contributed by atoms with E-state index in [-0.39, 0.29) is 17.1 Å². The Balaban J connectivity index is 1.43. The van der Waals surface area contributed by atoms with Crippen molar-refractivity contribution in [3.05, 3.63) is 65.5 Å². The van der Waals surface area contributed by atoms with Crippen molar-refractivity contribution >= 4 is 28.7 Å². The van der Waals surface area contributed by atoms with Gasteiger partial charge in [-0.25, -0.2) is 4.98 Å². The van der Waals surface area contributed by atoms with E-state index < -0.39 is 17.6 Å². The number of carbonyl (C=O) groups is 1. The second-order valence-corrected chi connectivity index (χ2v) is 8.57. The second kappa shape index (κ2) is 9.69. The molecule has 1 fully saturated rings. The van der Waals surface area contributed by atoms with Crippen molar-refractivity contribution in [1.82, 2.24) is 19.5 Å². The van der Waals surface area contributed by atoms with Crippen molar-refractivity contribution in [3.63, 3.8) is 0 Å². The number of nitrogens with one attached hydrogen (secondary N) is 1. The molecule has 0 unspecified atom stereocenters. The molecule has 1 aliphatic rings. The van der Waals surface area contributed by atoms with Crippen LogP contribution in [0, 0.1) is 6.92 Å². The monoisotopic (exact) mass is 512 g/mol. The highest BCUT2D eigenvalue weighted by molar-refractivity contribution is 6.05. The van der Waals surface area contributed by atoms with Gasteiger partial charge in [0.1, 0.15) is 5.75 Å². The first kappa shape index (κ1) is 24.5. The third-order valence-electron chi connectivity index (χ3n) is 5.93. The molecule has 12 heteroatoms. The molecule has 1 amide bonds. The molecule has 0 saturated carbocycles. The van der Waals surface area contributed by atoms with Crippen molar-refractivity contribution in [2.75, 3.05) is 36.5 Å². The molecule has 0 aliphatic carbocycles. The molecule has 0 spiro atoms. The molecule has 192 valence electrons. The highest BCUT2D eigenvalue weighted by Crippen LogP contribution is 2.32. The van der Waals surface area contributed by atoms with Crippen LogP contribution in [0.15, 0.2) is 48.8 Å². The quantitative estimate of drug-likeness (QED) is 0.419. The second-order valence-electron chi connectivity index (χ2n) is 8.57. The summed E-state index contributed by atoms with van der Waals surface area (Å²) in [5.74, 6) is 0.449. The minimum atomic E-state index is -4.52. The van der Waals surface area contributed by atoms with Crippen molar-refractivity contribution in [1.29, 1.82) is 0 Å². The summed E-state index contributed by atoms with van der Waals surface area (Å²) in [5, 5.41) is 2.53. The summed E-state index contributed by atoms with van der Waals surface area (Å²) < 4.78 is 52.4. The number of carbonyl (C=O) groups excluding carboxylic acids is 1. The number of hydrogen-bond donors (Lipinski definition) is 1. The zero-order valence-corrected chi connectivity index (χ0v) is 20.0. The Hall–Kier alpha value is -4.19. The molecule has 2 aromatic carbocycles. The average Bonchev–Trinajstić information content (AvgIpc) is 3.26. The number of fused-ring (bicyclic) bond motifs is 1. The number of morpholine rings is 1. The van der Waals surface area contributed by atoms with E-state index in [1.807, 2.05) is 11.9 Å². The third kappa shape index (κ3) is 5.19. The van der Waals surface area contributed by atoms with Gasteiger partial charge in [0.2, 0.25) is 5.95 Å². The number of nitrogens with zero attached hydrogens (tertiary/aromatic N) is 5. The van der Waals surface area contributed by atoms with Gasteiger partial charge in [-0.15, -0.1) is 0 Å². The van der Waals surface area contributed by atoms with E-state index in [4.69, 9.17) is 9.47 Å². The third-order valence-corrected chi connectivity index (χ3v) is 5.93. The maximum atomic E-state index is 13.1. The van der Waals surface area contributed by atoms with Crippen LogP contribution in [-0.2, 0) is 18.0 Å². The fourth-order valence-corrected chi connectivity index (χ4v) is 3.94. The molecule has 1 aliphatic heterocycles. The van der Waals surface area contributed by atoms with E-state index in [1.54, 1.807) is 30.0 Å². The lowest BCUT2D eigenvalue weighted by atomic mass is 10.1. The molecule has 0 atom stereocenters. The van der Waals surface area contributed by atoms with Gasteiger partial charge in [0.25, 0.3) is 11.8 Å². The van der Waals surface area contributed by atoms with Gasteiger partial charge in [0.15, 0.2) is 11.2 Å². The average molecular weight is 512 g/mol. The van der Waals surface area contributed by atoms with E-state index in [1.165, 1.54) is 18.2 Å². The molecule has 1 N–H and O–H groups in total. The fourth-order valence-electron chi connectivity index (χ4n) is 3.94. The van der Waals surface area contributed by atoms with Crippen molar-refractivity contribution in [3.8, 4) is 11.6 Å². The molecular formula is C25H23F3N6O3. The summed E-state index contributed by atoms with van der Waals surface area (Å²) in [5.41, 5.74) is 1.09. The summed E-state index contributed by atoms with van der Waals surface area (Å²) in [6, 6.07) is 9.36. The number of rotatable bonds is 5. The number of imidazole rings is 1. The highest BCUT2D eigenvalue weighted by atomic mass is 19.4. The molecule has 5 rings (SSSR count). The van der Waals surface area contributed by atoms with Crippen LogP contribution in [0.1, 0.15) is 21.5 Å². The Morgan fingerprint density at radius 3 is 2.65 bits per heavy atom. The fraction of sp³-hybridized carbons (Fsp3) is 0.280. The van der Waals surface area contributed by atoms with Crippen LogP contribution in [0.5, 0.6) is 11.6 Å². The number of amides is 1. The minimum Gasteiger partial charge on any atom is -0.437 e. The number of ether oxygens (including phenoxy) is 2. The van der Waals surface area contributed by atoms with E-state index in [0.29, 0.717) is 54.7 Å². The van der Waals surface area contributed by atoms with Crippen LogP contribution < -0.4 is 15.0 Å². The van der Waals surface area contributed by atoms with E-state index in [9.17, 15) is 18.0 Å². The molecule has 4 aromatic rings. The van der Waals surface area contributed by atoms with E-state index in [0.717, 1.165) is 12.1 Å². The maximum Gasteiger partial charge on any atom is 0.416 e. The molecule has 0 radical (unpaired) electrons. The van der Waals surface area contributed by atoms with Gasteiger partial charge in [-0.3, -0.25) is 4.79 Å². The number of benzene rings is 2. The standard InChI is InChI=1S/C25H23F3N6O3/c1-15-6-7-18(13-19(15)22(35)30-17-5-3-4-16(12-17)25(26,27)28)37-23-20-21(33(2)14-29-20)31-24(32-23)34-8-10-36-11-9-34/h3-7,12-14H,8-11H2,1-2H3,(H,30,35). The number of alkyl halides is 3. The Morgan fingerprint density at radius 1 is 1.11 bits per heavy atom. The Bertz CT molecular complexity index is 1460. The summed E-state index contributed by atoms with van der Waals surface area (Å²) in [7, 11) is 1.82. The van der Waals surface area contributed by atoms with Gasteiger partial charge in [-0.1, -0.05) is 12.1 Å². The Morgan fingerprint density at radius 2 is 1.89 bits per heavy atom. The number of anilines is 2. The van der Waals surface area contributed by atoms with Crippen LogP contribution in [0.25, 0.3) is 11.2 Å². The zero-order valence-electron chi connectivity index (χ0n) is 20.0. The van der Waals surface area contributed by atoms with Gasteiger partial charge in [-0.05, 0) is 42.8 Å². The number of hydrogen-bond acceptors (Lipinski definition) is 7. The van der Waals surface area contributed by atoms with E-state index >= 15 is 0 Å². The van der Waals surface area contributed by atoms with Crippen molar-refractivity contribution in [2.24, 2.45) is 7.05 Å². The van der Waals surface area contributed by atoms with Crippen molar-refractivity contribution < 1.29 is 27.4 Å². The zero-order chi connectivity index (χ0) is 26.2. The summed E-state index contributed by atoms with van der Waals surface area (Å²) in [6.45, 7) is 4.11. The van der Waals surface area contributed by atoms with Gasteiger partial charge in [0.05, 0.1) is 25.1 Å². The lowest BCUT2D eigenvalue weighted by Gasteiger charge is -2.26. The maximum absolute atomic E-state index is 13.1. The lowest BCUT2D eigenvalue weighted by Crippen LogP contribution is -2.37. The SMILES string of the molecule is Cc1ccc(Oc2nc(N3CCOCC3)nc3c2ncn3C)cc1C(=O)Nc1cccc(C(F)(F)F)c1. The molecule has 2 aromatic heterocycles. The largest absolute Gasteiger partial charge is 0.437 e. The summed E-state index contributed by atoms with van der Waals surface area (Å²) in [4.78, 5) is 28.5. The first-order chi connectivity index (χ1) is 17.7. The first-order valence-corrected chi connectivity index (χ1v) is 11.5. The van der Waals surface area contributed by atoms with Crippen LogP contribution in [-0.4, -0.2) is 51.7 Å². The topological polar surface area (TPSA) is 94.4 Å². The molecular weight excluding hydrogens is 489 g/mol. The van der Waals surface area contributed by atoms with E-state index in [2.05, 4.69) is 20.3 Å². The van der Waals surface area contributed by atoms with Crippen LogP contribution in [0.3, 0.4) is 0 Å². The molecule has 37 heavy (non-hydrogen) atoms. The predicted molar refractivity (Wildman–Crippen MR) is 130 cm³/mol. The van der Waals surface area contributed by atoms with Gasteiger partial charge >= 0.3 is 6.18 Å². The lowest BCUT2D eigenvalue weighted by molar-refractivity contribution is -0.137. The van der Waals surface area contributed by atoms with Gasteiger partial charge in [-0.2, -0.15) is 23.1 Å². The molecule has 9 nitrogen and oxygen atoms in total. The molecule has 0 bridgehead atoms. The molecule has 1 saturated heterocycles. The van der Waals surface area contributed by atoms with Crippen molar-refractivity contribution in [2.45, 2.75) is 13.1 Å². The number of halogens is 3. The smallest absolute Gasteiger partial charge is 0.416 e. The predicted octanol–water partition coefficient (Wildman–Crippen LogP) is 4.57. The van der Waals surface area contributed by atoms with Gasteiger partial charge in [0, 0.05) is 31.4 Å². The van der Waals surface area contributed by atoms with Crippen LogP contribution >= 0.6 is 0 Å². The van der Waals surface area contributed by atoms with Gasteiger partial charge < -0.3 is 24.3 Å². The Kier molecular flexibility index (Phi) is 6.42. The summed E-state index contributed by atoms with van der Waals surface area (Å²) in [6.07, 6.45) is -2.91. The minimum absolute atomic E-state index is 0.0340. The van der Waals surface area contributed by atoms with Crippen LogP contribution in [0.4, 0.5) is 24.8 Å². The Labute approximate surface area is 209 Å². The number of aryl methyl sites for hydroxylation is 2. The van der Waals surface area contributed by atoms with Crippen LogP contribution in [0.2, 0.25) is 0 Å². The first-order valence-electron chi connectivity index (χ1n) is 11.5. The highest BCUT2D eigenvalue weighted by Gasteiger charge is 2.30. The number of aromatic nitrogens is 4.